The molecular weight excluding hydrogens is 817 g/mol. The first kappa shape index (κ1) is 37.3. The average molecular weight is 855 g/mol. The van der Waals surface area contributed by atoms with E-state index in [4.69, 9.17) is 14.4 Å². The molecule has 0 bridgehead atoms. The van der Waals surface area contributed by atoms with Gasteiger partial charge >= 0.3 is 0 Å². The van der Waals surface area contributed by atoms with E-state index < -0.39 is 0 Å². The first-order valence-electron chi connectivity index (χ1n) is 22.7. The zero-order valence-electron chi connectivity index (χ0n) is 36.1. The van der Waals surface area contributed by atoms with Crippen LogP contribution in [0.2, 0.25) is 0 Å². The number of para-hydroxylation sites is 4. The van der Waals surface area contributed by atoms with Crippen LogP contribution >= 0.6 is 0 Å². The minimum atomic E-state index is 0.588. The topological polar surface area (TPSA) is 48.8 Å². The predicted molar refractivity (Wildman–Crippen MR) is 277 cm³/mol. The van der Waals surface area contributed by atoms with Gasteiger partial charge in [0.05, 0.1) is 22.1 Å². The van der Waals surface area contributed by atoms with E-state index in [1.165, 1.54) is 43.7 Å². The highest BCUT2D eigenvalue weighted by Gasteiger charge is 2.22. The van der Waals surface area contributed by atoms with E-state index in [0.717, 1.165) is 77.5 Å². The molecule has 4 heterocycles. The highest BCUT2D eigenvalue weighted by molar-refractivity contribution is 6.14. The number of nitrogens with zero attached hydrogens (tertiary/aromatic N) is 4. The van der Waals surface area contributed by atoms with E-state index in [1.54, 1.807) is 0 Å². The lowest BCUT2D eigenvalue weighted by Crippen LogP contribution is -2.03. The lowest BCUT2D eigenvalue weighted by Gasteiger charge is -2.14. The average Bonchev–Trinajstić information content (AvgIpc) is 4.06. The molecule has 0 fully saturated rings. The van der Waals surface area contributed by atoms with Crippen LogP contribution in [0, 0.1) is 0 Å². The van der Waals surface area contributed by atoms with Gasteiger partial charge in [0.1, 0.15) is 16.8 Å². The van der Waals surface area contributed by atoms with Gasteiger partial charge in [-0.2, -0.15) is 0 Å². The molecule has 0 saturated carbocycles. The molecule has 0 aliphatic heterocycles. The van der Waals surface area contributed by atoms with E-state index in [-0.39, 0.29) is 0 Å². The zero-order valence-corrected chi connectivity index (χ0v) is 36.1. The summed E-state index contributed by atoms with van der Waals surface area (Å²) < 4.78 is 11.3. The Kier molecular flexibility index (Phi) is 8.21. The highest BCUT2D eigenvalue weighted by atomic mass is 16.3. The van der Waals surface area contributed by atoms with Gasteiger partial charge in [-0.3, -0.25) is 4.57 Å². The standard InChI is InChI=1S/C62H38N4O/c1-3-16-39(17-4-1)46-27-14-18-40-19-15-28-47(58(40)46)43-20-13-21-44(36-43)59-61-60(50-26-9-12-31-57(50)67-61)64-62(63-59)66-54-30-11-8-25-49(54)52-38-42(33-35-56(52)66)41-32-34-55-51(37-41)48-24-7-10-29-53(48)65(55)45-22-5-2-6-23-45/h1-38H. The summed E-state index contributed by atoms with van der Waals surface area (Å²) in [5.41, 5.74) is 16.5. The summed E-state index contributed by atoms with van der Waals surface area (Å²) in [5, 5.41) is 8.09. The summed E-state index contributed by atoms with van der Waals surface area (Å²) in [6, 6.07) is 82.2. The molecule has 0 atom stereocenters. The normalized spacial score (nSPS) is 11.9. The molecule has 0 amide bonds. The molecule has 0 saturated heterocycles. The smallest absolute Gasteiger partial charge is 0.236 e. The van der Waals surface area contributed by atoms with Gasteiger partial charge < -0.3 is 8.98 Å². The lowest BCUT2D eigenvalue weighted by atomic mass is 9.91. The molecule has 312 valence electrons. The molecule has 5 heteroatoms. The van der Waals surface area contributed by atoms with Gasteiger partial charge in [0, 0.05) is 38.2 Å². The van der Waals surface area contributed by atoms with Crippen LogP contribution in [0.5, 0.6) is 0 Å². The molecule has 14 aromatic rings. The minimum absolute atomic E-state index is 0.588. The van der Waals surface area contributed by atoms with Crippen molar-refractivity contribution in [3.63, 3.8) is 0 Å². The van der Waals surface area contributed by atoms with Crippen molar-refractivity contribution in [3.05, 3.63) is 231 Å². The van der Waals surface area contributed by atoms with Crippen LogP contribution in [-0.4, -0.2) is 19.1 Å². The Hall–Kier alpha value is -9.06. The molecule has 0 spiro atoms. The maximum atomic E-state index is 6.69. The van der Waals surface area contributed by atoms with Gasteiger partial charge in [-0.15, -0.1) is 0 Å². The Morgan fingerprint density at radius 1 is 0.343 bits per heavy atom. The van der Waals surface area contributed by atoms with Crippen molar-refractivity contribution in [2.24, 2.45) is 0 Å². The summed E-state index contributed by atoms with van der Waals surface area (Å²) in [7, 11) is 0. The quantitative estimate of drug-likeness (QED) is 0.167. The second-order valence-corrected chi connectivity index (χ2v) is 17.3. The van der Waals surface area contributed by atoms with Gasteiger partial charge in [-0.25, -0.2) is 9.97 Å². The maximum Gasteiger partial charge on any atom is 0.236 e. The van der Waals surface area contributed by atoms with Crippen molar-refractivity contribution in [3.8, 4) is 56.3 Å². The van der Waals surface area contributed by atoms with E-state index in [9.17, 15) is 0 Å². The summed E-state index contributed by atoms with van der Waals surface area (Å²) >= 11 is 0. The maximum absolute atomic E-state index is 6.69. The van der Waals surface area contributed by atoms with Crippen LogP contribution in [0.4, 0.5) is 0 Å². The van der Waals surface area contributed by atoms with Crippen LogP contribution in [0.3, 0.4) is 0 Å². The Balaban J connectivity index is 0.954. The number of aromatic nitrogens is 4. The molecule has 0 aliphatic rings. The Morgan fingerprint density at radius 3 is 1.60 bits per heavy atom. The highest BCUT2D eigenvalue weighted by Crippen LogP contribution is 2.42. The summed E-state index contributed by atoms with van der Waals surface area (Å²) in [5.74, 6) is 0.588. The van der Waals surface area contributed by atoms with E-state index in [0.29, 0.717) is 11.5 Å². The van der Waals surface area contributed by atoms with Gasteiger partial charge in [-0.1, -0.05) is 164 Å². The predicted octanol–water partition coefficient (Wildman–Crippen LogP) is 16.4. The monoisotopic (exact) mass is 854 g/mol. The van der Waals surface area contributed by atoms with E-state index in [1.807, 2.05) is 18.2 Å². The van der Waals surface area contributed by atoms with Crippen LogP contribution in [-0.2, 0) is 0 Å². The minimum Gasteiger partial charge on any atom is -0.452 e. The van der Waals surface area contributed by atoms with Crippen LogP contribution in [0.15, 0.2) is 235 Å². The molecule has 10 aromatic carbocycles. The van der Waals surface area contributed by atoms with Gasteiger partial charge in [0.2, 0.25) is 5.95 Å². The Labute approximate surface area is 385 Å². The van der Waals surface area contributed by atoms with Crippen molar-refractivity contribution in [2.75, 3.05) is 0 Å². The molecule has 67 heavy (non-hydrogen) atoms. The second-order valence-electron chi connectivity index (χ2n) is 17.3. The van der Waals surface area contributed by atoms with Gasteiger partial charge in [0.25, 0.3) is 0 Å². The summed E-state index contributed by atoms with van der Waals surface area (Å²) in [4.78, 5) is 10.9. The Morgan fingerprint density at radius 2 is 0.881 bits per heavy atom. The van der Waals surface area contributed by atoms with Crippen molar-refractivity contribution >= 4 is 76.5 Å². The number of benzene rings is 10. The van der Waals surface area contributed by atoms with Crippen molar-refractivity contribution < 1.29 is 4.42 Å². The largest absolute Gasteiger partial charge is 0.452 e. The van der Waals surface area contributed by atoms with Crippen molar-refractivity contribution in [1.29, 1.82) is 0 Å². The molecule has 0 unspecified atom stereocenters. The molecule has 0 aliphatic carbocycles. The van der Waals surface area contributed by atoms with E-state index >= 15 is 0 Å². The van der Waals surface area contributed by atoms with Gasteiger partial charge in [0.15, 0.2) is 5.58 Å². The third kappa shape index (κ3) is 5.81. The lowest BCUT2D eigenvalue weighted by molar-refractivity contribution is 0.666. The van der Waals surface area contributed by atoms with Crippen molar-refractivity contribution in [1.82, 2.24) is 19.1 Å². The third-order valence-corrected chi connectivity index (χ3v) is 13.5. The number of hydrogen-bond donors (Lipinski definition) is 0. The zero-order chi connectivity index (χ0) is 44.0. The first-order valence-corrected chi connectivity index (χ1v) is 22.7. The number of rotatable bonds is 6. The molecule has 0 radical (unpaired) electrons. The van der Waals surface area contributed by atoms with E-state index in [2.05, 4.69) is 221 Å². The fraction of sp³-hybridized carbons (Fsp3) is 0. The van der Waals surface area contributed by atoms with Crippen LogP contribution < -0.4 is 0 Å². The molecular formula is C62H38N4O. The Bertz CT molecular complexity index is 4270. The number of furan rings is 1. The van der Waals surface area contributed by atoms with Crippen LogP contribution in [0.1, 0.15) is 0 Å². The van der Waals surface area contributed by atoms with Crippen molar-refractivity contribution in [2.45, 2.75) is 0 Å². The molecule has 5 nitrogen and oxygen atoms in total. The summed E-state index contributed by atoms with van der Waals surface area (Å²) in [6.45, 7) is 0. The SMILES string of the molecule is c1ccc(-c2cccc3cccc(-c4cccc(-c5nc(-n6c7ccccc7c7cc(-c8ccc9c(c8)c8ccccc8n9-c8ccccc8)ccc76)nc6c5oc5ccccc56)c4)c23)cc1. The van der Waals surface area contributed by atoms with Crippen LogP contribution in [0.25, 0.3) is 133 Å². The number of fused-ring (bicyclic) bond motifs is 10. The molecule has 14 rings (SSSR count). The first-order chi connectivity index (χ1) is 33.2. The molecule has 0 N–H and O–H groups in total. The van der Waals surface area contributed by atoms with Gasteiger partial charge in [-0.05, 0) is 111 Å². The molecule has 4 aromatic heterocycles. The number of hydrogen-bond acceptors (Lipinski definition) is 3. The third-order valence-electron chi connectivity index (χ3n) is 13.5. The summed E-state index contributed by atoms with van der Waals surface area (Å²) in [6.07, 6.45) is 0. The fourth-order valence-corrected chi connectivity index (χ4v) is 10.5. The second kappa shape index (κ2) is 14.7. The fourth-order valence-electron chi connectivity index (χ4n) is 10.5.